The van der Waals surface area contributed by atoms with E-state index < -0.39 is 33.9 Å². The van der Waals surface area contributed by atoms with Crippen molar-refractivity contribution in [1.82, 2.24) is 4.31 Å². The number of hydrogen-bond donors (Lipinski definition) is 1. The summed E-state index contributed by atoms with van der Waals surface area (Å²) < 4.78 is 37.5. The summed E-state index contributed by atoms with van der Waals surface area (Å²) in [6, 6.07) is 12.5. The van der Waals surface area contributed by atoms with Gasteiger partial charge in [-0.2, -0.15) is 4.31 Å². The third-order valence-corrected chi connectivity index (χ3v) is 7.62. The highest BCUT2D eigenvalue weighted by molar-refractivity contribution is 7.89. The molecule has 1 amide bonds. The summed E-state index contributed by atoms with van der Waals surface area (Å²) in [5.41, 5.74) is 1.01. The summed E-state index contributed by atoms with van der Waals surface area (Å²) in [6.45, 7) is 3.28. The van der Waals surface area contributed by atoms with Crippen molar-refractivity contribution in [2.75, 3.05) is 25.5 Å². The first kappa shape index (κ1) is 25.4. The monoisotopic (exact) mass is 488 g/mol. The van der Waals surface area contributed by atoms with Crippen LogP contribution in [-0.4, -0.2) is 56.7 Å². The molecule has 34 heavy (non-hydrogen) atoms. The normalized spacial score (nSPS) is 15.9. The maximum atomic E-state index is 12.9. The fraction of sp³-hybridized carbons (Fsp3) is 0.375. The van der Waals surface area contributed by atoms with E-state index in [9.17, 15) is 22.8 Å². The molecule has 1 N–H and O–H groups in total. The predicted molar refractivity (Wildman–Crippen MR) is 125 cm³/mol. The van der Waals surface area contributed by atoms with Gasteiger partial charge >= 0.3 is 5.97 Å². The summed E-state index contributed by atoms with van der Waals surface area (Å²) in [7, 11) is -2.17. The van der Waals surface area contributed by atoms with Gasteiger partial charge in [0.05, 0.1) is 17.9 Å². The Hall–Kier alpha value is -3.24. The van der Waals surface area contributed by atoms with Crippen LogP contribution in [0.5, 0.6) is 5.75 Å². The average molecular weight is 489 g/mol. The van der Waals surface area contributed by atoms with Crippen molar-refractivity contribution in [3.8, 4) is 5.75 Å². The van der Waals surface area contributed by atoms with E-state index in [2.05, 4.69) is 5.32 Å². The third-order valence-electron chi connectivity index (χ3n) is 5.71. The zero-order valence-corrected chi connectivity index (χ0v) is 20.1. The van der Waals surface area contributed by atoms with Crippen LogP contribution in [0.25, 0.3) is 0 Å². The number of methoxy groups -OCH3 is 1. The number of rotatable bonds is 8. The SMILES string of the molecule is COc1ccc(S(=O)(=O)N2CCC(C(=O)O[C@@H](C)C(=O)Nc3ccc(C(C)=O)cc3)CC2)cc1. The largest absolute Gasteiger partial charge is 0.497 e. The van der Waals surface area contributed by atoms with E-state index in [1.165, 1.54) is 37.4 Å². The molecule has 3 rings (SSSR count). The van der Waals surface area contributed by atoms with Gasteiger partial charge in [0.25, 0.3) is 5.91 Å². The molecule has 1 heterocycles. The molecule has 1 saturated heterocycles. The standard InChI is InChI=1S/C24H28N2O7S/c1-16(27)18-4-6-20(7-5-18)25-23(28)17(2)33-24(29)19-12-14-26(15-13-19)34(30,31)22-10-8-21(32-3)9-11-22/h4-11,17,19H,12-15H2,1-3H3,(H,25,28)/t17-/m0/s1. The van der Waals surface area contributed by atoms with Gasteiger partial charge in [0.15, 0.2) is 11.9 Å². The molecule has 10 heteroatoms. The van der Waals surface area contributed by atoms with Gasteiger partial charge < -0.3 is 14.8 Å². The first-order chi connectivity index (χ1) is 16.1. The summed E-state index contributed by atoms with van der Waals surface area (Å²) in [6.07, 6.45) is -0.425. The summed E-state index contributed by atoms with van der Waals surface area (Å²) in [5, 5.41) is 2.65. The number of sulfonamides is 1. The Morgan fingerprint density at radius 1 is 1.00 bits per heavy atom. The van der Waals surface area contributed by atoms with Gasteiger partial charge in [0.1, 0.15) is 5.75 Å². The van der Waals surface area contributed by atoms with E-state index in [1.807, 2.05) is 0 Å². The lowest BCUT2D eigenvalue weighted by Crippen LogP contribution is -2.41. The number of ketones is 1. The lowest BCUT2D eigenvalue weighted by molar-refractivity contribution is -0.158. The van der Waals surface area contributed by atoms with Crippen molar-refractivity contribution in [2.24, 2.45) is 5.92 Å². The fourth-order valence-corrected chi connectivity index (χ4v) is 5.05. The second-order valence-corrected chi connectivity index (χ2v) is 9.99. The van der Waals surface area contributed by atoms with E-state index in [-0.39, 0.29) is 23.8 Å². The number of benzene rings is 2. The molecule has 9 nitrogen and oxygen atoms in total. The van der Waals surface area contributed by atoms with E-state index >= 15 is 0 Å². The van der Waals surface area contributed by atoms with Gasteiger partial charge in [0.2, 0.25) is 10.0 Å². The number of anilines is 1. The number of hydrogen-bond acceptors (Lipinski definition) is 7. The number of carbonyl (C=O) groups excluding carboxylic acids is 3. The lowest BCUT2D eigenvalue weighted by atomic mass is 9.98. The minimum Gasteiger partial charge on any atom is -0.497 e. The first-order valence-corrected chi connectivity index (χ1v) is 12.3. The predicted octanol–water partition coefficient (Wildman–Crippen LogP) is 2.87. The van der Waals surface area contributed by atoms with E-state index in [4.69, 9.17) is 9.47 Å². The zero-order chi connectivity index (χ0) is 24.9. The number of amides is 1. The van der Waals surface area contributed by atoms with Crippen molar-refractivity contribution in [3.63, 3.8) is 0 Å². The van der Waals surface area contributed by atoms with Gasteiger partial charge in [-0.3, -0.25) is 14.4 Å². The van der Waals surface area contributed by atoms with Crippen LogP contribution in [0, 0.1) is 5.92 Å². The molecule has 2 aromatic carbocycles. The fourth-order valence-electron chi connectivity index (χ4n) is 3.58. The minimum atomic E-state index is -3.68. The van der Waals surface area contributed by atoms with Gasteiger partial charge in [-0.1, -0.05) is 0 Å². The van der Waals surface area contributed by atoms with Crippen LogP contribution in [0.4, 0.5) is 5.69 Å². The molecule has 1 atom stereocenters. The molecule has 0 radical (unpaired) electrons. The van der Waals surface area contributed by atoms with Crippen molar-refractivity contribution >= 4 is 33.4 Å². The maximum absolute atomic E-state index is 12.9. The van der Waals surface area contributed by atoms with Crippen molar-refractivity contribution in [2.45, 2.75) is 37.7 Å². The van der Waals surface area contributed by atoms with Gasteiger partial charge in [-0.15, -0.1) is 0 Å². The van der Waals surface area contributed by atoms with Crippen molar-refractivity contribution in [3.05, 3.63) is 54.1 Å². The molecule has 182 valence electrons. The molecular formula is C24H28N2O7S. The molecule has 1 aliphatic rings. The maximum Gasteiger partial charge on any atom is 0.309 e. The highest BCUT2D eigenvalue weighted by atomic mass is 32.2. The van der Waals surface area contributed by atoms with Crippen LogP contribution >= 0.6 is 0 Å². The van der Waals surface area contributed by atoms with Gasteiger partial charge in [-0.05, 0) is 75.2 Å². The smallest absolute Gasteiger partial charge is 0.309 e. The zero-order valence-electron chi connectivity index (χ0n) is 19.3. The van der Waals surface area contributed by atoms with E-state index in [1.54, 1.807) is 36.4 Å². The Bertz CT molecular complexity index is 1140. The van der Waals surface area contributed by atoms with Gasteiger partial charge in [-0.25, -0.2) is 8.42 Å². The molecule has 0 aliphatic carbocycles. The quantitative estimate of drug-likeness (QED) is 0.448. The van der Waals surface area contributed by atoms with Gasteiger partial charge in [0, 0.05) is 24.3 Å². The molecule has 0 aromatic heterocycles. The third kappa shape index (κ3) is 6.00. The molecule has 2 aromatic rings. The van der Waals surface area contributed by atoms with Crippen molar-refractivity contribution < 1.29 is 32.3 Å². The molecule has 1 aliphatic heterocycles. The summed E-state index contributed by atoms with van der Waals surface area (Å²) >= 11 is 0. The first-order valence-electron chi connectivity index (χ1n) is 10.9. The van der Waals surface area contributed by atoms with E-state index in [0.29, 0.717) is 29.8 Å². The molecule has 1 fully saturated rings. The number of carbonyl (C=O) groups is 3. The molecule has 0 saturated carbocycles. The van der Waals surface area contributed by atoms with Crippen LogP contribution in [0.3, 0.4) is 0 Å². The van der Waals surface area contributed by atoms with Crippen LogP contribution in [0.1, 0.15) is 37.0 Å². The van der Waals surface area contributed by atoms with Crippen molar-refractivity contribution in [1.29, 1.82) is 0 Å². The Morgan fingerprint density at radius 2 is 1.59 bits per heavy atom. The second-order valence-electron chi connectivity index (χ2n) is 8.06. The molecule has 0 bridgehead atoms. The Balaban J connectivity index is 1.51. The number of Topliss-reactive ketones (excluding diaryl/α,β-unsaturated/α-hetero) is 1. The molecular weight excluding hydrogens is 460 g/mol. The number of nitrogens with one attached hydrogen (secondary N) is 1. The average Bonchev–Trinajstić information content (AvgIpc) is 2.84. The van der Waals surface area contributed by atoms with Crippen LogP contribution in [-0.2, 0) is 24.3 Å². The second kappa shape index (κ2) is 10.8. The summed E-state index contributed by atoms with van der Waals surface area (Å²) in [5.74, 6) is -1.04. The van der Waals surface area contributed by atoms with Crippen LogP contribution in [0.15, 0.2) is 53.4 Å². The Labute approximate surface area is 199 Å². The summed E-state index contributed by atoms with van der Waals surface area (Å²) in [4.78, 5) is 36.5. The molecule has 0 unspecified atom stereocenters. The van der Waals surface area contributed by atoms with Crippen LogP contribution < -0.4 is 10.1 Å². The number of esters is 1. The van der Waals surface area contributed by atoms with E-state index in [0.717, 1.165) is 0 Å². The molecule has 0 spiro atoms. The van der Waals surface area contributed by atoms with Crippen LogP contribution in [0.2, 0.25) is 0 Å². The lowest BCUT2D eigenvalue weighted by Gasteiger charge is -2.30. The minimum absolute atomic E-state index is 0.0805. The Morgan fingerprint density at radius 3 is 2.12 bits per heavy atom. The Kier molecular flexibility index (Phi) is 8.06. The topological polar surface area (TPSA) is 119 Å². The highest BCUT2D eigenvalue weighted by Crippen LogP contribution is 2.26. The number of nitrogens with zero attached hydrogens (tertiary/aromatic N) is 1. The number of ether oxygens (including phenoxy) is 2. The number of piperidine rings is 1. The highest BCUT2D eigenvalue weighted by Gasteiger charge is 2.34.